The first-order valence-electron chi connectivity index (χ1n) is 10.2. The molecule has 1 aliphatic rings. The molecule has 0 aliphatic carbocycles. The number of rotatable bonds is 6. The lowest BCUT2D eigenvalue weighted by atomic mass is 10.2. The van der Waals surface area contributed by atoms with Crippen LogP contribution in [0, 0.1) is 5.82 Å². The van der Waals surface area contributed by atoms with Gasteiger partial charge in [0.1, 0.15) is 5.82 Å². The first-order valence-corrected chi connectivity index (χ1v) is 11.6. The molecule has 2 amide bonds. The summed E-state index contributed by atoms with van der Waals surface area (Å²) in [6, 6.07) is 11.3. The molecule has 9 heteroatoms. The minimum absolute atomic E-state index is 0.0675. The van der Waals surface area contributed by atoms with Crippen LogP contribution in [0.4, 0.5) is 10.1 Å². The zero-order valence-corrected chi connectivity index (χ0v) is 18.2. The van der Waals surface area contributed by atoms with Gasteiger partial charge in [0.15, 0.2) is 0 Å². The number of carbonyl (C=O) groups is 2. The second-order valence-electron chi connectivity index (χ2n) is 7.57. The van der Waals surface area contributed by atoms with Gasteiger partial charge in [-0.15, -0.1) is 0 Å². The Labute approximate surface area is 181 Å². The SMILES string of the molecule is CN(CC(=O)Nc1cccc(F)c1)C(=O)c1cccc(S(=O)(=O)N2CCCCCC2)c1. The minimum Gasteiger partial charge on any atom is -0.332 e. The Bertz CT molecular complexity index is 1050. The van der Waals surface area contributed by atoms with Crippen molar-refractivity contribution in [3.05, 3.63) is 59.9 Å². The molecule has 0 radical (unpaired) electrons. The summed E-state index contributed by atoms with van der Waals surface area (Å²) in [5, 5.41) is 2.53. The maximum atomic E-state index is 13.3. The average molecular weight is 448 g/mol. The van der Waals surface area contributed by atoms with Crippen molar-refractivity contribution < 1.29 is 22.4 Å². The molecule has 0 bridgehead atoms. The Kier molecular flexibility index (Phi) is 7.40. The fourth-order valence-electron chi connectivity index (χ4n) is 3.50. The summed E-state index contributed by atoms with van der Waals surface area (Å²) in [4.78, 5) is 26.2. The van der Waals surface area contributed by atoms with Crippen molar-refractivity contribution in [2.75, 3.05) is 32.0 Å². The van der Waals surface area contributed by atoms with E-state index in [4.69, 9.17) is 0 Å². The van der Waals surface area contributed by atoms with Crippen LogP contribution in [0.3, 0.4) is 0 Å². The van der Waals surface area contributed by atoms with E-state index in [1.165, 1.54) is 58.7 Å². The van der Waals surface area contributed by atoms with E-state index >= 15 is 0 Å². The van der Waals surface area contributed by atoms with Gasteiger partial charge in [0.05, 0.1) is 11.4 Å². The van der Waals surface area contributed by atoms with E-state index in [-0.39, 0.29) is 22.7 Å². The highest BCUT2D eigenvalue weighted by molar-refractivity contribution is 7.89. The van der Waals surface area contributed by atoms with Gasteiger partial charge in [-0.3, -0.25) is 9.59 Å². The molecule has 0 aromatic heterocycles. The number of hydrogen-bond donors (Lipinski definition) is 1. The lowest BCUT2D eigenvalue weighted by Gasteiger charge is -2.21. The fraction of sp³-hybridized carbons (Fsp3) is 0.364. The lowest BCUT2D eigenvalue weighted by molar-refractivity contribution is -0.116. The largest absolute Gasteiger partial charge is 0.332 e. The second-order valence-corrected chi connectivity index (χ2v) is 9.50. The van der Waals surface area contributed by atoms with Crippen molar-refractivity contribution in [1.29, 1.82) is 0 Å². The number of likely N-dealkylation sites (N-methyl/N-ethyl adjacent to an activating group) is 1. The van der Waals surface area contributed by atoms with Crippen molar-refractivity contribution in [1.82, 2.24) is 9.21 Å². The summed E-state index contributed by atoms with van der Waals surface area (Å²) in [5.74, 6) is -1.46. The van der Waals surface area contributed by atoms with Gasteiger partial charge in [-0.1, -0.05) is 25.0 Å². The van der Waals surface area contributed by atoms with Gasteiger partial charge >= 0.3 is 0 Å². The molecule has 0 atom stereocenters. The molecule has 7 nitrogen and oxygen atoms in total. The Morgan fingerprint density at radius 2 is 1.71 bits per heavy atom. The zero-order chi connectivity index (χ0) is 22.4. The fourth-order valence-corrected chi connectivity index (χ4v) is 5.06. The molecular formula is C22H26FN3O4S. The summed E-state index contributed by atoms with van der Waals surface area (Å²) < 4.78 is 40.7. The van der Waals surface area contributed by atoms with E-state index < -0.39 is 27.7 Å². The average Bonchev–Trinajstić information content (AvgIpc) is 3.03. The topological polar surface area (TPSA) is 86.8 Å². The number of benzene rings is 2. The Morgan fingerprint density at radius 3 is 2.39 bits per heavy atom. The number of carbonyl (C=O) groups excluding carboxylic acids is 2. The number of nitrogens with zero attached hydrogens (tertiary/aromatic N) is 2. The van der Waals surface area contributed by atoms with Crippen LogP contribution in [0.15, 0.2) is 53.4 Å². The lowest BCUT2D eigenvalue weighted by Crippen LogP contribution is -2.35. The van der Waals surface area contributed by atoms with E-state index in [0.717, 1.165) is 25.7 Å². The highest BCUT2D eigenvalue weighted by Gasteiger charge is 2.26. The second kappa shape index (κ2) is 10.0. The summed E-state index contributed by atoms with van der Waals surface area (Å²) in [7, 11) is -2.24. The molecule has 0 unspecified atom stereocenters. The van der Waals surface area contributed by atoms with E-state index in [0.29, 0.717) is 13.1 Å². The van der Waals surface area contributed by atoms with Gasteiger partial charge in [-0.25, -0.2) is 12.8 Å². The molecule has 2 aromatic rings. The van der Waals surface area contributed by atoms with Crippen LogP contribution in [0.25, 0.3) is 0 Å². The number of sulfonamides is 1. The van der Waals surface area contributed by atoms with Crippen LogP contribution in [0.2, 0.25) is 0 Å². The highest BCUT2D eigenvalue weighted by atomic mass is 32.2. The molecule has 2 aromatic carbocycles. The number of halogens is 1. The van der Waals surface area contributed by atoms with Gasteiger partial charge in [0, 0.05) is 31.4 Å². The third-order valence-electron chi connectivity index (χ3n) is 5.12. The van der Waals surface area contributed by atoms with E-state index in [9.17, 15) is 22.4 Å². The van der Waals surface area contributed by atoms with Crippen LogP contribution in [-0.2, 0) is 14.8 Å². The van der Waals surface area contributed by atoms with Gasteiger partial charge in [-0.2, -0.15) is 4.31 Å². The van der Waals surface area contributed by atoms with Crippen molar-refractivity contribution >= 4 is 27.5 Å². The molecule has 0 saturated carbocycles. The molecule has 31 heavy (non-hydrogen) atoms. The molecular weight excluding hydrogens is 421 g/mol. The molecule has 1 aliphatic heterocycles. The van der Waals surface area contributed by atoms with Gasteiger partial charge in [0.25, 0.3) is 5.91 Å². The summed E-state index contributed by atoms with van der Waals surface area (Å²) in [5.41, 5.74) is 0.466. The van der Waals surface area contributed by atoms with E-state index in [2.05, 4.69) is 5.32 Å². The van der Waals surface area contributed by atoms with Gasteiger partial charge < -0.3 is 10.2 Å². The Balaban J connectivity index is 1.69. The number of nitrogens with one attached hydrogen (secondary N) is 1. The molecule has 0 spiro atoms. The minimum atomic E-state index is -3.69. The monoisotopic (exact) mass is 447 g/mol. The maximum absolute atomic E-state index is 13.3. The zero-order valence-electron chi connectivity index (χ0n) is 17.4. The quantitative estimate of drug-likeness (QED) is 0.737. The number of hydrogen-bond acceptors (Lipinski definition) is 4. The number of amides is 2. The van der Waals surface area contributed by atoms with E-state index in [1.54, 1.807) is 6.07 Å². The van der Waals surface area contributed by atoms with Crippen molar-refractivity contribution in [3.8, 4) is 0 Å². The van der Waals surface area contributed by atoms with E-state index in [1.807, 2.05) is 0 Å². The predicted molar refractivity (Wildman–Crippen MR) is 116 cm³/mol. The van der Waals surface area contributed by atoms with Crippen molar-refractivity contribution in [3.63, 3.8) is 0 Å². The first-order chi connectivity index (χ1) is 14.8. The molecule has 1 fully saturated rings. The summed E-state index contributed by atoms with van der Waals surface area (Å²) in [6.07, 6.45) is 3.65. The van der Waals surface area contributed by atoms with Crippen LogP contribution in [0.5, 0.6) is 0 Å². The van der Waals surface area contributed by atoms with Gasteiger partial charge in [0.2, 0.25) is 15.9 Å². The molecule has 166 valence electrons. The smallest absolute Gasteiger partial charge is 0.254 e. The van der Waals surface area contributed by atoms with Crippen LogP contribution >= 0.6 is 0 Å². The standard InChI is InChI=1S/C22H26FN3O4S/c1-25(16-21(27)24-19-10-7-9-18(23)15-19)22(28)17-8-6-11-20(14-17)31(29,30)26-12-4-2-3-5-13-26/h6-11,14-15H,2-5,12-13,16H2,1H3,(H,24,27). The Morgan fingerprint density at radius 1 is 1.03 bits per heavy atom. The Hall–Kier alpha value is -2.78. The highest BCUT2D eigenvalue weighted by Crippen LogP contribution is 2.21. The molecule has 1 heterocycles. The van der Waals surface area contributed by atoms with Crippen LogP contribution in [0.1, 0.15) is 36.0 Å². The van der Waals surface area contributed by atoms with Crippen molar-refractivity contribution in [2.45, 2.75) is 30.6 Å². The molecule has 1 N–H and O–H groups in total. The predicted octanol–water partition coefficient (Wildman–Crippen LogP) is 3.10. The van der Waals surface area contributed by atoms with Gasteiger partial charge in [-0.05, 0) is 49.2 Å². The number of anilines is 1. The molecule has 3 rings (SSSR count). The first kappa shape index (κ1) is 22.9. The third kappa shape index (κ3) is 5.89. The third-order valence-corrected chi connectivity index (χ3v) is 7.01. The maximum Gasteiger partial charge on any atom is 0.254 e. The van der Waals surface area contributed by atoms with Crippen molar-refractivity contribution in [2.24, 2.45) is 0 Å². The van der Waals surface area contributed by atoms with Crippen LogP contribution in [-0.4, -0.2) is 56.1 Å². The normalized spacial score (nSPS) is 15.2. The summed E-state index contributed by atoms with van der Waals surface area (Å²) >= 11 is 0. The van der Waals surface area contributed by atoms with Crippen LogP contribution < -0.4 is 5.32 Å². The molecule has 1 saturated heterocycles. The summed E-state index contributed by atoms with van der Waals surface area (Å²) in [6.45, 7) is 0.680.